The second-order valence-electron chi connectivity index (χ2n) is 8.32. The number of carbonyl (C=O) groups is 1. The molecule has 1 aliphatic heterocycles. The van der Waals surface area contributed by atoms with Gasteiger partial charge >= 0.3 is 0 Å². The van der Waals surface area contributed by atoms with Gasteiger partial charge in [-0.25, -0.2) is 0 Å². The van der Waals surface area contributed by atoms with E-state index in [4.69, 9.17) is 0 Å². The van der Waals surface area contributed by atoms with Crippen LogP contribution in [-0.2, 0) is 4.79 Å². The van der Waals surface area contributed by atoms with E-state index < -0.39 is 0 Å². The number of likely N-dealkylation sites (tertiary alicyclic amines) is 1. The Labute approximate surface area is 152 Å². The average molecular weight is 338 g/mol. The lowest BCUT2D eigenvalue weighted by molar-refractivity contribution is -0.115. The van der Waals surface area contributed by atoms with E-state index in [0.29, 0.717) is 12.3 Å². The Morgan fingerprint density at radius 1 is 1.08 bits per heavy atom. The Bertz CT molecular complexity index is 620. The molecule has 1 unspecified atom stereocenters. The smallest absolute Gasteiger partial charge is 0.169 e. The topological polar surface area (TPSA) is 20.3 Å². The number of fused-ring (bicyclic) bond motifs is 1. The van der Waals surface area contributed by atoms with Crippen LogP contribution in [0.1, 0.15) is 57.8 Å². The molecular formula is C23H31NO. The normalized spacial score (nSPS) is 29.8. The molecule has 0 spiro atoms. The summed E-state index contributed by atoms with van der Waals surface area (Å²) in [5.74, 6) is 1.84. The van der Waals surface area contributed by atoms with Crippen LogP contribution in [0.3, 0.4) is 0 Å². The molecule has 2 nitrogen and oxygen atoms in total. The van der Waals surface area contributed by atoms with E-state index in [1.807, 2.05) is 6.08 Å². The zero-order chi connectivity index (χ0) is 17.1. The van der Waals surface area contributed by atoms with Crippen LogP contribution in [0.15, 0.2) is 47.1 Å². The van der Waals surface area contributed by atoms with Gasteiger partial charge in [0.15, 0.2) is 5.78 Å². The van der Waals surface area contributed by atoms with Crippen molar-refractivity contribution in [3.8, 4) is 0 Å². The highest BCUT2D eigenvalue weighted by molar-refractivity contribution is 5.92. The van der Waals surface area contributed by atoms with Gasteiger partial charge in [0.25, 0.3) is 0 Å². The predicted molar refractivity (Wildman–Crippen MR) is 103 cm³/mol. The van der Waals surface area contributed by atoms with Crippen molar-refractivity contribution in [3.63, 3.8) is 0 Å². The van der Waals surface area contributed by atoms with Gasteiger partial charge in [0.1, 0.15) is 0 Å². The van der Waals surface area contributed by atoms with Crippen molar-refractivity contribution in [1.29, 1.82) is 0 Å². The molecule has 134 valence electrons. The van der Waals surface area contributed by atoms with Crippen LogP contribution in [0.25, 0.3) is 0 Å². The summed E-state index contributed by atoms with van der Waals surface area (Å²) in [6.07, 6.45) is 22.5. The van der Waals surface area contributed by atoms with Gasteiger partial charge in [0.05, 0.1) is 6.54 Å². The molecule has 4 rings (SSSR count). The maximum Gasteiger partial charge on any atom is 0.169 e. The molecule has 1 saturated heterocycles. The average Bonchev–Trinajstić information content (AvgIpc) is 3.15. The molecule has 1 atom stereocenters. The van der Waals surface area contributed by atoms with Crippen LogP contribution >= 0.6 is 0 Å². The third-order valence-corrected chi connectivity index (χ3v) is 6.53. The summed E-state index contributed by atoms with van der Waals surface area (Å²) in [4.78, 5) is 14.6. The molecule has 0 radical (unpaired) electrons. The standard InChI is InChI=1S/C23H31NO/c25-23(17-24-13-3-4-14-24)15-18-7-9-20(10-8-18)22-12-11-19-5-1-2-6-21(19)16-22/h1,5,11-12,15,20-21H,2-4,6-10,13-14,16-17H2. The summed E-state index contributed by atoms with van der Waals surface area (Å²) in [5, 5.41) is 0. The number of rotatable bonds is 4. The Morgan fingerprint density at radius 3 is 2.68 bits per heavy atom. The van der Waals surface area contributed by atoms with Crippen molar-refractivity contribution in [2.45, 2.75) is 57.8 Å². The molecule has 1 saturated carbocycles. The lowest BCUT2D eigenvalue weighted by Gasteiger charge is -2.32. The van der Waals surface area contributed by atoms with E-state index in [-0.39, 0.29) is 0 Å². The fourth-order valence-corrected chi connectivity index (χ4v) is 5.03. The van der Waals surface area contributed by atoms with Crippen molar-refractivity contribution in [2.24, 2.45) is 11.8 Å². The highest BCUT2D eigenvalue weighted by Gasteiger charge is 2.26. The maximum absolute atomic E-state index is 12.3. The maximum atomic E-state index is 12.3. The monoisotopic (exact) mass is 337 g/mol. The van der Waals surface area contributed by atoms with Crippen molar-refractivity contribution in [3.05, 3.63) is 47.1 Å². The third kappa shape index (κ3) is 4.23. The largest absolute Gasteiger partial charge is 0.296 e. The van der Waals surface area contributed by atoms with Crippen LogP contribution < -0.4 is 0 Å². The van der Waals surface area contributed by atoms with Gasteiger partial charge in [-0.2, -0.15) is 0 Å². The molecule has 25 heavy (non-hydrogen) atoms. The number of allylic oxidation sites excluding steroid dienone is 7. The molecule has 2 fully saturated rings. The highest BCUT2D eigenvalue weighted by Crippen LogP contribution is 2.41. The Hall–Kier alpha value is -1.41. The number of carbonyl (C=O) groups excluding carboxylic acids is 1. The molecule has 0 aromatic heterocycles. The Kier molecular flexibility index (Phi) is 5.36. The van der Waals surface area contributed by atoms with E-state index in [0.717, 1.165) is 37.8 Å². The first kappa shape index (κ1) is 17.0. The number of ketones is 1. The van der Waals surface area contributed by atoms with Gasteiger partial charge < -0.3 is 0 Å². The second kappa shape index (κ2) is 7.86. The first-order chi connectivity index (χ1) is 12.3. The highest BCUT2D eigenvalue weighted by atomic mass is 16.1. The van der Waals surface area contributed by atoms with Crippen molar-refractivity contribution < 1.29 is 4.79 Å². The lowest BCUT2D eigenvalue weighted by atomic mass is 9.73. The van der Waals surface area contributed by atoms with Crippen LogP contribution in [0.4, 0.5) is 0 Å². The zero-order valence-electron chi connectivity index (χ0n) is 15.4. The minimum atomic E-state index is 0.328. The molecule has 0 N–H and O–H groups in total. The first-order valence-electron chi connectivity index (χ1n) is 10.3. The summed E-state index contributed by atoms with van der Waals surface area (Å²) in [7, 11) is 0. The molecular weight excluding hydrogens is 306 g/mol. The second-order valence-corrected chi connectivity index (χ2v) is 8.32. The van der Waals surface area contributed by atoms with Crippen molar-refractivity contribution in [1.82, 2.24) is 4.90 Å². The van der Waals surface area contributed by atoms with Gasteiger partial charge in [-0.15, -0.1) is 0 Å². The van der Waals surface area contributed by atoms with Gasteiger partial charge in [-0.3, -0.25) is 9.69 Å². The van der Waals surface area contributed by atoms with Crippen LogP contribution in [0.5, 0.6) is 0 Å². The Morgan fingerprint density at radius 2 is 1.88 bits per heavy atom. The molecule has 2 heteroatoms. The molecule has 1 heterocycles. The minimum absolute atomic E-state index is 0.328. The number of hydrogen-bond acceptors (Lipinski definition) is 2. The van der Waals surface area contributed by atoms with E-state index in [9.17, 15) is 4.79 Å². The van der Waals surface area contributed by atoms with Crippen LogP contribution in [0.2, 0.25) is 0 Å². The fourth-order valence-electron chi connectivity index (χ4n) is 5.03. The molecule has 0 amide bonds. The van der Waals surface area contributed by atoms with Gasteiger partial charge in [0.2, 0.25) is 0 Å². The third-order valence-electron chi connectivity index (χ3n) is 6.53. The minimum Gasteiger partial charge on any atom is -0.296 e. The summed E-state index contributed by atoms with van der Waals surface area (Å²) in [5.41, 5.74) is 4.61. The van der Waals surface area contributed by atoms with Gasteiger partial charge in [-0.1, -0.05) is 35.5 Å². The quantitative estimate of drug-likeness (QED) is 0.674. The molecule has 0 aromatic rings. The van der Waals surface area contributed by atoms with Gasteiger partial charge in [0, 0.05) is 0 Å². The van der Waals surface area contributed by atoms with Crippen molar-refractivity contribution >= 4 is 5.78 Å². The van der Waals surface area contributed by atoms with Crippen LogP contribution in [-0.4, -0.2) is 30.3 Å². The summed E-state index contributed by atoms with van der Waals surface area (Å²) >= 11 is 0. The predicted octanol–water partition coefficient (Wildman–Crippen LogP) is 4.99. The van der Waals surface area contributed by atoms with Gasteiger partial charge in [-0.05, 0) is 94.4 Å². The molecule has 4 aliphatic rings. The molecule has 3 aliphatic carbocycles. The number of hydrogen-bond donors (Lipinski definition) is 0. The van der Waals surface area contributed by atoms with E-state index in [1.165, 1.54) is 50.5 Å². The lowest BCUT2D eigenvalue weighted by Crippen LogP contribution is -2.26. The fraction of sp³-hybridized carbons (Fsp3) is 0.609. The summed E-state index contributed by atoms with van der Waals surface area (Å²) in [6, 6.07) is 0. The number of nitrogens with zero attached hydrogens (tertiary/aromatic N) is 1. The first-order valence-corrected chi connectivity index (χ1v) is 10.3. The Balaban J connectivity index is 1.30. The van der Waals surface area contributed by atoms with E-state index >= 15 is 0 Å². The van der Waals surface area contributed by atoms with Crippen LogP contribution in [0, 0.1) is 11.8 Å². The summed E-state index contributed by atoms with van der Waals surface area (Å²) < 4.78 is 0. The SMILES string of the molecule is O=C(C=C1CCC(C2=CC=C3C=CCCC3C2)CC1)CN1CCCC1. The molecule has 0 bridgehead atoms. The zero-order valence-corrected chi connectivity index (χ0v) is 15.4. The van der Waals surface area contributed by atoms with E-state index in [2.05, 4.69) is 29.2 Å². The summed E-state index contributed by atoms with van der Waals surface area (Å²) in [6.45, 7) is 2.86. The molecule has 0 aromatic carbocycles. The van der Waals surface area contributed by atoms with E-state index in [1.54, 1.807) is 11.1 Å². The van der Waals surface area contributed by atoms with Crippen molar-refractivity contribution in [2.75, 3.05) is 19.6 Å².